The summed E-state index contributed by atoms with van der Waals surface area (Å²) in [5.74, 6) is 0.628. The van der Waals surface area contributed by atoms with Gasteiger partial charge in [-0.1, -0.05) is 17.7 Å². The van der Waals surface area contributed by atoms with Gasteiger partial charge < -0.3 is 5.32 Å². The quantitative estimate of drug-likeness (QED) is 0.772. The van der Waals surface area contributed by atoms with Crippen LogP contribution >= 0.6 is 0 Å². The molecule has 2 aromatic heterocycles. The fraction of sp³-hybridized carbons (Fsp3) is 0.312. The molecule has 1 aromatic carbocycles. The average Bonchev–Trinajstić information content (AvgIpc) is 2.86. The van der Waals surface area contributed by atoms with Crippen molar-refractivity contribution in [3.63, 3.8) is 0 Å². The summed E-state index contributed by atoms with van der Waals surface area (Å²) < 4.78 is 0. The van der Waals surface area contributed by atoms with E-state index in [0.717, 1.165) is 28.8 Å². The van der Waals surface area contributed by atoms with E-state index in [-0.39, 0.29) is 0 Å². The molecule has 0 unspecified atom stereocenters. The van der Waals surface area contributed by atoms with Crippen LogP contribution in [0.15, 0.2) is 18.3 Å². The second-order valence-electron chi connectivity index (χ2n) is 5.33. The lowest BCUT2D eigenvalue weighted by Crippen LogP contribution is -2.04. The molecule has 0 bridgehead atoms. The number of fused-ring (bicyclic) bond motifs is 1. The first-order chi connectivity index (χ1) is 10.1. The smallest absolute Gasteiger partial charge is 0.225 e. The number of aromatic amines is 1. The lowest BCUT2D eigenvalue weighted by atomic mass is 9.96. The lowest BCUT2D eigenvalue weighted by Gasteiger charge is -2.13. The van der Waals surface area contributed by atoms with Crippen molar-refractivity contribution in [2.75, 3.05) is 11.9 Å². The number of H-pyrrole nitrogens is 1. The van der Waals surface area contributed by atoms with E-state index >= 15 is 0 Å². The molecule has 0 saturated carbocycles. The third-order valence-corrected chi connectivity index (χ3v) is 3.56. The molecule has 3 rings (SSSR count). The van der Waals surface area contributed by atoms with Gasteiger partial charge in [-0.25, -0.2) is 4.98 Å². The van der Waals surface area contributed by atoms with E-state index in [4.69, 9.17) is 4.98 Å². The van der Waals surface area contributed by atoms with Gasteiger partial charge in [0.2, 0.25) is 5.95 Å². The van der Waals surface area contributed by atoms with Gasteiger partial charge in [0.1, 0.15) is 0 Å². The molecule has 0 aliphatic carbocycles. The molecule has 108 valence electrons. The van der Waals surface area contributed by atoms with Gasteiger partial charge >= 0.3 is 0 Å². The largest absolute Gasteiger partial charge is 0.354 e. The Hall–Kier alpha value is -2.43. The fourth-order valence-corrected chi connectivity index (χ4v) is 2.82. The summed E-state index contributed by atoms with van der Waals surface area (Å²) >= 11 is 0. The number of anilines is 1. The van der Waals surface area contributed by atoms with Gasteiger partial charge in [-0.2, -0.15) is 10.1 Å². The van der Waals surface area contributed by atoms with Crippen molar-refractivity contribution in [2.24, 2.45) is 0 Å². The summed E-state index contributed by atoms with van der Waals surface area (Å²) in [7, 11) is 0. The van der Waals surface area contributed by atoms with Crippen molar-refractivity contribution in [1.82, 2.24) is 20.2 Å². The molecule has 0 aliphatic heterocycles. The summed E-state index contributed by atoms with van der Waals surface area (Å²) in [6.45, 7) is 9.17. The monoisotopic (exact) mass is 281 g/mol. The zero-order valence-corrected chi connectivity index (χ0v) is 12.8. The SMILES string of the molecule is CCNc1nc(-c2c(C)cc(C)cc2C)c2cn[nH]c2n1. The molecule has 0 spiro atoms. The van der Waals surface area contributed by atoms with Crippen molar-refractivity contribution in [1.29, 1.82) is 0 Å². The highest BCUT2D eigenvalue weighted by molar-refractivity contribution is 5.92. The Morgan fingerprint density at radius 2 is 1.81 bits per heavy atom. The number of aromatic nitrogens is 4. The molecule has 3 aromatic rings. The van der Waals surface area contributed by atoms with E-state index in [1.54, 1.807) is 6.20 Å². The van der Waals surface area contributed by atoms with Gasteiger partial charge in [0.15, 0.2) is 5.65 Å². The van der Waals surface area contributed by atoms with E-state index in [0.29, 0.717) is 5.95 Å². The Morgan fingerprint density at radius 3 is 2.48 bits per heavy atom. The topological polar surface area (TPSA) is 66.5 Å². The Bertz CT molecular complexity index is 781. The molecule has 2 heterocycles. The van der Waals surface area contributed by atoms with Gasteiger partial charge in [0, 0.05) is 12.1 Å². The van der Waals surface area contributed by atoms with Crippen molar-refractivity contribution in [3.8, 4) is 11.3 Å². The zero-order chi connectivity index (χ0) is 15.0. The van der Waals surface area contributed by atoms with E-state index in [9.17, 15) is 0 Å². The molecule has 5 heteroatoms. The minimum atomic E-state index is 0.628. The molecule has 0 aliphatic rings. The van der Waals surface area contributed by atoms with Crippen molar-refractivity contribution in [2.45, 2.75) is 27.7 Å². The predicted molar refractivity (Wildman–Crippen MR) is 85.5 cm³/mol. The van der Waals surface area contributed by atoms with E-state index in [2.05, 4.69) is 53.4 Å². The zero-order valence-electron chi connectivity index (χ0n) is 12.8. The van der Waals surface area contributed by atoms with Crippen LogP contribution in [0.3, 0.4) is 0 Å². The van der Waals surface area contributed by atoms with Crippen LogP contribution in [0.2, 0.25) is 0 Å². The molecular formula is C16H19N5. The van der Waals surface area contributed by atoms with Crippen molar-refractivity contribution >= 4 is 17.0 Å². The normalized spacial score (nSPS) is 11.0. The minimum absolute atomic E-state index is 0.628. The maximum Gasteiger partial charge on any atom is 0.225 e. The summed E-state index contributed by atoms with van der Waals surface area (Å²) in [6, 6.07) is 4.37. The molecule has 5 nitrogen and oxygen atoms in total. The molecule has 0 radical (unpaired) electrons. The van der Waals surface area contributed by atoms with Gasteiger partial charge in [0.25, 0.3) is 0 Å². The van der Waals surface area contributed by atoms with E-state index in [1.165, 1.54) is 16.7 Å². The molecule has 0 fully saturated rings. The number of rotatable bonds is 3. The fourth-order valence-electron chi connectivity index (χ4n) is 2.82. The summed E-state index contributed by atoms with van der Waals surface area (Å²) in [5.41, 5.74) is 6.55. The van der Waals surface area contributed by atoms with E-state index < -0.39 is 0 Å². The number of nitrogens with zero attached hydrogens (tertiary/aromatic N) is 3. The third kappa shape index (κ3) is 2.35. The van der Waals surface area contributed by atoms with Crippen LogP contribution in [0.25, 0.3) is 22.3 Å². The van der Waals surface area contributed by atoms with Crippen LogP contribution < -0.4 is 5.32 Å². The number of benzene rings is 1. The Balaban J connectivity index is 2.31. The molecule has 0 atom stereocenters. The Morgan fingerprint density at radius 1 is 1.10 bits per heavy atom. The van der Waals surface area contributed by atoms with Crippen molar-refractivity contribution in [3.05, 3.63) is 35.0 Å². The summed E-state index contributed by atoms with van der Waals surface area (Å²) in [6.07, 6.45) is 1.79. The molecule has 2 N–H and O–H groups in total. The summed E-state index contributed by atoms with van der Waals surface area (Å²) in [5, 5.41) is 11.2. The minimum Gasteiger partial charge on any atom is -0.354 e. The predicted octanol–water partition coefficient (Wildman–Crippen LogP) is 3.38. The highest BCUT2D eigenvalue weighted by Crippen LogP contribution is 2.32. The van der Waals surface area contributed by atoms with E-state index in [1.807, 2.05) is 6.92 Å². The maximum absolute atomic E-state index is 4.70. The average molecular weight is 281 g/mol. The van der Waals surface area contributed by atoms with Gasteiger partial charge in [-0.05, 0) is 38.8 Å². The third-order valence-electron chi connectivity index (χ3n) is 3.56. The number of aryl methyl sites for hydroxylation is 3. The van der Waals surface area contributed by atoms with Gasteiger partial charge in [-0.3, -0.25) is 5.10 Å². The molecule has 21 heavy (non-hydrogen) atoms. The van der Waals surface area contributed by atoms with Crippen LogP contribution in [0.4, 0.5) is 5.95 Å². The van der Waals surface area contributed by atoms with Crippen LogP contribution in [0.1, 0.15) is 23.6 Å². The molecule has 0 amide bonds. The standard InChI is InChI=1S/C16H19N5/c1-5-17-16-19-14(12-8-18-21-15(12)20-16)13-10(3)6-9(2)7-11(13)4/h6-8H,5H2,1-4H3,(H2,17,18,19,20,21). The van der Waals surface area contributed by atoms with Crippen LogP contribution in [-0.2, 0) is 0 Å². The highest BCUT2D eigenvalue weighted by atomic mass is 15.2. The first-order valence-corrected chi connectivity index (χ1v) is 7.13. The molecular weight excluding hydrogens is 262 g/mol. The summed E-state index contributed by atoms with van der Waals surface area (Å²) in [4.78, 5) is 9.15. The molecule has 0 saturated heterocycles. The highest BCUT2D eigenvalue weighted by Gasteiger charge is 2.15. The van der Waals surface area contributed by atoms with Crippen molar-refractivity contribution < 1.29 is 0 Å². The Labute approximate surface area is 123 Å². The van der Waals surface area contributed by atoms with Crippen LogP contribution in [0.5, 0.6) is 0 Å². The second kappa shape index (κ2) is 5.16. The second-order valence-corrected chi connectivity index (χ2v) is 5.33. The first kappa shape index (κ1) is 13.5. The number of nitrogens with one attached hydrogen (secondary N) is 2. The van der Waals surface area contributed by atoms with Gasteiger partial charge in [-0.15, -0.1) is 0 Å². The Kier molecular flexibility index (Phi) is 3.33. The van der Waals surface area contributed by atoms with Crippen LogP contribution in [-0.4, -0.2) is 26.7 Å². The van der Waals surface area contributed by atoms with Gasteiger partial charge in [0.05, 0.1) is 17.3 Å². The lowest BCUT2D eigenvalue weighted by molar-refractivity contribution is 1.07. The first-order valence-electron chi connectivity index (χ1n) is 7.13. The number of hydrogen-bond acceptors (Lipinski definition) is 4. The van der Waals surface area contributed by atoms with Crippen LogP contribution in [0, 0.1) is 20.8 Å². The number of hydrogen-bond donors (Lipinski definition) is 2. The maximum atomic E-state index is 4.70.